The number of amides is 1. The van der Waals surface area contributed by atoms with Crippen LogP contribution in [0.3, 0.4) is 0 Å². The second kappa shape index (κ2) is 6.62. The van der Waals surface area contributed by atoms with Crippen molar-refractivity contribution in [2.45, 2.75) is 13.0 Å². The first-order valence-electron chi connectivity index (χ1n) is 7.60. The number of nitrogens with zero attached hydrogens (tertiary/aromatic N) is 4. The second-order valence-corrected chi connectivity index (χ2v) is 6.73. The normalized spacial score (nSPS) is 12.3. The third-order valence-corrected chi connectivity index (χ3v) is 4.54. The lowest BCUT2D eigenvalue weighted by Crippen LogP contribution is -2.38. The van der Waals surface area contributed by atoms with Crippen molar-refractivity contribution < 1.29 is 4.79 Å². The largest absolute Gasteiger partial charge is 0.332 e. The molecule has 0 radical (unpaired) electrons. The summed E-state index contributed by atoms with van der Waals surface area (Å²) in [7, 11) is 2.89. The summed E-state index contributed by atoms with van der Waals surface area (Å²) in [4.78, 5) is 41.2. The molecule has 0 aliphatic rings. The molecular formula is C16H15Cl2N5O3. The van der Waals surface area contributed by atoms with E-state index in [4.69, 9.17) is 23.2 Å². The highest BCUT2D eigenvalue weighted by Gasteiger charge is 2.22. The van der Waals surface area contributed by atoms with Crippen molar-refractivity contribution in [3.05, 3.63) is 55.4 Å². The van der Waals surface area contributed by atoms with Gasteiger partial charge in [0.25, 0.3) is 5.56 Å². The predicted molar refractivity (Wildman–Crippen MR) is 100 cm³/mol. The van der Waals surface area contributed by atoms with Gasteiger partial charge in [-0.2, -0.15) is 0 Å². The van der Waals surface area contributed by atoms with E-state index in [1.54, 1.807) is 25.1 Å². The van der Waals surface area contributed by atoms with Gasteiger partial charge >= 0.3 is 5.69 Å². The van der Waals surface area contributed by atoms with E-state index >= 15 is 0 Å². The molecule has 3 rings (SSSR count). The van der Waals surface area contributed by atoms with Crippen LogP contribution in [-0.4, -0.2) is 24.6 Å². The van der Waals surface area contributed by atoms with Crippen molar-refractivity contribution >= 4 is 46.0 Å². The molecule has 2 heterocycles. The van der Waals surface area contributed by atoms with Gasteiger partial charge in [-0.3, -0.25) is 18.7 Å². The lowest BCUT2D eigenvalue weighted by molar-refractivity contribution is -0.118. The third kappa shape index (κ3) is 3.02. The number of nitrogens with one attached hydrogen (secondary N) is 1. The first kappa shape index (κ1) is 18.2. The number of benzene rings is 1. The summed E-state index contributed by atoms with van der Waals surface area (Å²) >= 11 is 11.9. The van der Waals surface area contributed by atoms with Gasteiger partial charge < -0.3 is 9.88 Å². The zero-order valence-corrected chi connectivity index (χ0v) is 15.7. The molecule has 0 spiro atoms. The quantitative estimate of drug-likeness (QED) is 0.733. The molecule has 2 aromatic heterocycles. The van der Waals surface area contributed by atoms with E-state index in [1.165, 1.54) is 29.6 Å². The fourth-order valence-corrected chi connectivity index (χ4v) is 3.18. The molecule has 1 atom stereocenters. The first-order chi connectivity index (χ1) is 12.2. The lowest BCUT2D eigenvalue weighted by Gasteiger charge is -2.15. The van der Waals surface area contributed by atoms with Crippen molar-refractivity contribution in [3.63, 3.8) is 0 Å². The Balaban J connectivity index is 2.02. The lowest BCUT2D eigenvalue weighted by atomic mass is 10.2. The Morgan fingerprint density at radius 1 is 1.12 bits per heavy atom. The van der Waals surface area contributed by atoms with Crippen molar-refractivity contribution in [2.24, 2.45) is 14.1 Å². The Labute approximate surface area is 157 Å². The van der Waals surface area contributed by atoms with Gasteiger partial charge in [-0.05, 0) is 25.1 Å². The van der Waals surface area contributed by atoms with Crippen LogP contribution in [0.4, 0.5) is 5.69 Å². The molecule has 8 nitrogen and oxygen atoms in total. The number of imidazole rings is 1. The Bertz CT molecular complexity index is 1120. The third-order valence-electron chi connectivity index (χ3n) is 4.10. The van der Waals surface area contributed by atoms with Gasteiger partial charge in [0.1, 0.15) is 6.04 Å². The fraction of sp³-hybridized carbons (Fsp3) is 0.250. The Morgan fingerprint density at radius 3 is 2.35 bits per heavy atom. The molecule has 0 aliphatic carbocycles. The Hall–Kier alpha value is -2.58. The topological polar surface area (TPSA) is 90.9 Å². The number of carbonyl (C=O) groups is 1. The van der Waals surface area contributed by atoms with Gasteiger partial charge in [-0.15, -0.1) is 0 Å². The highest BCUT2D eigenvalue weighted by Crippen LogP contribution is 2.23. The number of hydrogen-bond acceptors (Lipinski definition) is 4. The number of halogens is 2. The zero-order valence-electron chi connectivity index (χ0n) is 14.2. The molecule has 10 heteroatoms. The Kier molecular flexibility index (Phi) is 4.64. The molecule has 0 fully saturated rings. The van der Waals surface area contributed by atoms with Crippen LogP contribution in [0, 0.1) is 0 Å². The molecular weight excluding hydrogens is 381 g/mol. The minimum absolute atomic E-state index is 0.168. The van der Waals surface area contributed by atoms with Gasteiger partial charge in [0, 0.05) is 29.8 Å². The first-order valence-corrected chi connectivity index (χ1v) is 8.36. The van der Waals surface area contributed by atoms with Crippen LogP contribution < -0.4 is 16.6 Å². The van der Waals surface area contributed by atoms with E-state index < -0.39 is 23.2 Å². The van der Waals surface area contributed by atoms with Crippen LogP contribution in [0.25, 0.3) is 11.2 Å². The standard InChI is InChI=1S/C16H15Cl2N5O3/c1-8(14(24)20-11-5-9(17)4-10(18)6-11)23-7-19-13-12(23)15(25)22(3)16(26)21(13)2/h4-8H,1-3H3,(H,20,24)/t8-/m1/s1. The highest BCUT2D eigenvalue weighted by atomic mass is 35.5. The summed E-state index contributed by atoms with van der Waals surface area (Å²) < 4.78 is 3.66. The molecule has 3 aromatic rings. The monoisotopic (exact) mass is 395 g/mol. The van der Waals surface area contributed by atoms with E-state index in [0.29, 0.717) is 15.7 Å². The average molecular weight is 396 g/mol. The van der Waals surface area contributed by atoms with Crippen molar-refractivity contribution in [2.75, 3.05) is 5.32 Å². The van der Waals surface area contributed by atoms with Crippen molar-refractivity contribution in [1.82, 2.24) is 18.7 Å². The summed E-state index contributed by atoms with van der Waals surface area (Å²) in [6.07, 6.45) is 1.36. The van der Waals surface area contributed by atoms with Gasteiger partial charge in [-0.25, -0.2) is 9.78 Å². The van der Waals surface area contributed by atoms with E-state index in [-0.39, 0.29) is 11.2 Å². The molecule has 0 aliphatic heterocycles. The van der Waals surface area contributed by atoms with Crippen LogP contribution >= 0.6 is 23.2 Å². The maximum Gasteiger partial charge on any atom is 0.332 e. The van der Waals surface area contributed by atoms with Gasteiger partial charge in [-0.1, -0.05) is 23.2 Å². The van der Waals surface area contributed by atoms with Crippen LogP contribution in [0.15, 0.2) is 34.1 Å². The van der Waals surface area contributed by atoms with Crippen LogP contribution in [-0.2, 0) is 18.9 Å². The number of hydrogen-bond donors (Lipinski definition) is 1. The fourth-order valence-electron chi connectivity index (χ4n) is 2.66. The number of anilines is 1. The van der Waals surface area contributed by atoms with E-state index in [1.807, 2.05) is 0 Å². The molecule has 0 saturated carbocycles. The summed E-state index contributed by atoms with van der Waals surface area (Å²) in [5.74, 6) is -0.390. The summed E-state index contributed by atoms with van der Waals surface area (Å²) in [5.41, 5.74) is -0.196. The molecule has 1 aromatic carbocycles. The smallest absolute Gasteiger partial charge is 0.324 e. The molecule has 1 amide bonds. The van der Waals surface area contributed by atoms with E-state index in [9.17, 15) is 14.4 Å². The molecule has 0 unspecified atom stereocenters. The molecule has 0 saturated heterocycles. The molecule has 26 heavy (non-hydrogen) atoms. The maximum atomic E-state index is 12.6. The SMILES string of the molecule is C[C@H](C(=O)Nc1cc(Cl)cc(Cl)c1)n1cnc2c1c(=O)n(C)c(=O)n2C. The minimum Gasteiger partial charge on any atom is -0.324 e. The van der Waals surface area contributed by atoms with E-state index in [2.05, 4.69) is 10.3 Å². The minimum atomic E-state index is -0.761. The number of fused-ring (bicyclic) bond motifs is 1. The van der Waals surface area contributed by atoms with Crippen LogP contribution in [0.2, 0.25) is 10.0 Å². The number of aromatic nitrogens is 4. The van der Waals surface area contributed by atoms with Crippen molar-refractivity contribution in [1.29, 1.82) is 0 Å². The number of rotatable bonds is 3. The van der Waals surface area contributed by atoms with E-state index in [0.717, 1.165) is 4.57 Å². The number of carbonyl (C=O) groups excluding carboxylic acids is 1. The zero-order chi connectivity index (χ0) is 19.2. The van der Waals surface area contributed by atoms with Gasteiger partial charge in [0.2, 0.25) is 5.91 Å². The summed E-state index contributed by atoms with van der Waals surface area (Å²) in [6.45, 7) is 1.62. The summed E-state index contributed by atoms with van der Waals surface area (Å²) in [5, 5.41) is 3.48. The van der Waals surface area contributed by atoms with Gasteiger partial charge in [0.05, 0.1) is 6.33 Å². The average Bonchev–Trinajstić information content (AvgIpc) is 3.01. The highest BCUT2D eigenvalue weighted by molar-refractivity contribution is 6.35. The summed E-state index contributed by atoms with van der Waals surface area (Å²) in [6, 6.07) is 3.91. The molecule has 1 N–H and O–H groups in total. The Morgan fingerprint density at radius 2 is 1.73 bits per heavy atom. The number of aryl methyl sites for hydroxylation is 1. The second-order valence-electron chi connectivity index (χ2n) is 5.85. The molecule has 0 bridgehead atoms. The maximum absolute atomic E-state index is 12.6. The molecule has 136 valence electrons. The van der Waals surface area contributed by atoms with Crippen molar-refractivity contribution in [3.8, 4) is 0 Å². The van der Waals surface area contributed by atoms with Crippen LogP contribution in [0.5, 0.6) is 0 Å². The van der Waals surface area contributed by atoms with Crippen LogP contribution in [0.1, 0.15) is 13.0 Å². The van der Waals surface area contributed by atoms with Gasteiger partial charge in [0.15, 0.2) is 11.2 Å². The predicted octanol–water partition coefficient (Wildman–Crippen LogP) is 1.94.